The zero-order valence-electron chi connectivity index (χ0n) is 26.1. The number of carbonyl (C=O) groups is 3. The van der Waals surface area contributed by atoms with E-state index in [-0.39, 0.29) is 40.7 Å². The van der Waals surface area contributed by atoms with E-state index in [9.17, 15) is 14.4 Å². The summed E-state index contributed by atoms with van der Waals surface area (Å²) in [5, 5.41) is 6.27. The number of aliphatic imine (C=N–C) groups is 1. The molecule has 0 bridgehead atoms. The number of carbonyl (C=O) groups excluding carboxylic acids is 3. The molecule has 0 spiro atoms. The summed E-state index contributed by atoms with van der Waals surface area (Å²) in [7, 11) is 0. The molecular weight excluding hydrogens is 550 g/mol. The topological polar surface area (TPSA) is 117 Å². The van der Waals surface area contributed by atoms with Crippen molar-refractivity contribution in [3.63, 3.8) is 0 Å². The molecule has 8 heteroatoms. The van der Waals surface area contributed by atoms with Crippen molar-refractivity contribution in [2.75, 3.05) is 28.6 Å². The second-order valence-corrected chi connectivity index (χ2v) is 12.8. The van der Waals surface area contributed by atoms with Gasteiger partial charge in [0, 0.05) is 47.2 Å². The number of amidine groups is 1. The smallest absolute Gasteiger partial charge is 0.255 e. The van der Waals surface area contributed by atoms with Gasteiger partial charge in [0.25, 0.3) is 5.91 Å². The highest BCUT2D eigenvalue weighted by molar-refractivity contribution is 6.45. The fraction of sp³-hybridized carbons (Fsp3) is 0.333. The Hall–Kier alpha value is -4.72. The number of piperidine rings is 1. The molecule has 2 amide bonds. The van der Waals surface area contributed by atoms with Crippen molar-refractivity contribution in [2.24, 2.45) is 22.6 Å². The number of anilines is 3. The van der Waals surface area contributed by atoms with Gasteiger partial charge in [0.05, 0.1) is 11.6 Å². The van der Waals surface area contributed by atoms with Crippen molar-refractivity contribution in [3.8, 4) is 0 Å². The Kier molecular flexibility index (Phi) is 8.72. The monoisotopic (exact) mass is 591 g/mol. The first-order valence-corrected chi connectivity index (χ1v) is 15.2. The third kappa shape index (κ3) is 6.75. The number of hydrogen-bond donors (Lipinski definition) is 3. The normalized spacial score (nSPS) is 18.8. The SMILES string of the molecule is Cc1c(NC(=O)c2ccc(C(C)(C)C)cc2)cccc1C1=CC(C)C(=O)C(Nc2ccc(N3CCCC(C(N)=O)C3)cc2)=N1. The summed E-state index contributed by atoms with van der Waals surface area (Å²) in [4.78, 5) is 44.8. The van der Waals surface area contributed by atoms with Crippen LogP contribution in [-0.4, -0.2) is 36.5 Å². The van der Waals surface area contributed by atoms with Gasteiger partial charge < -0.3 is 21.3 Å². The fourth-order valence-corrected chi connectivity index (χ4v) is 5.68. The first-order chi connectivity index (χ1) is 20.9. The van der Waals surface area contributed by atoms with E-state index in [1.54, 1.807) is 0 Å². The van der Waals surface area contributed by atoms with Crippen LogP contribution in [0.4, 0.5) is 17.1 Å². The van der Waals surface area contributed by atoms with Gasteiger partial charge in [-0.25, -0.2) is 4.99 Å². The molecule has 0 saturated carbocycles. The van der Waals surface area contributed by atoms with Crippen LogP contribution in [0, 0.1) is 18.8 Å². The number of amides is 2. The molecule has 5 rings (SSSR count). The lowest BCUT2D eigenvalue weighted by Crippen LogP contribution is -2.41. The van der Waals surface area contributed by atoms with Crippen molar-refractivity contribution < 1.29 is 14.4 Å². The lowest BCUT2D eigenvalue weighted by Gasteiger charge is -2.33. The number of Topliss-reactive ketones (excluding diaryl/α,β-unsaturated/α-hetero) is 1. The molecule has 2 unspecified atom stereocenters. The highest BCUT2D eigenvalue weighted by Gasteiger charge is 2.26. The third-order valence-electron chi connectivity index (χ3n) is 8.48. The summed E-state index contributed by atoms with van der Waals surface area (Å²) in [5.41, 5.74) is 12.1. The number of ketones is 1. The molecule has 0 aromatic heterocycles. The number of primary amides is 1. The number of nitrogens with zero attached hydrogens (tertiary/aromatic N) is 2. The van der Waals surface area contributed by atoms with Crippen LogP contribution in [0.2, 0.25) is 0 Å². The molecule has 1 saturated heterocycles. The van der Waals surface area contributed by atoms with Crippen LogP contribution in [0.15, 0.2) is 77.8 Å². The van der Waals surface area contributed by atoms with Crippen LogP contribution in [0.1, 0.15) is 67.6 Å². The molecule has 8 nitrogen and oxygen atoms in total. The number of nitrogens with one attached hydrogen (secondary N) is 2. The Labute approximate surface area is 259 Å². The predicted molar refractivity (Wildman–Crippen MR) is 178 cm³/mol. The number of nitrogens with two attached hydrogens (primary N) is 1. The molecule has 44 heavy (non-hydrogen) atoms. The van der Waals surface area contributed by atoms with Gasteiger partial charge in [-0.1, -0.05) is 52.0 Å². The first-order valence-electron chi connectivity index (χ1n) is 15.2. The second-order valence-electron chi connectivity index (χ2n) is 12.8. The third-order valence-corrected chi connectivity index (χ3v) is 8.48. The van der Waals surface area contributed by atoms with Gasteiger partial charge >= 0.3 is 0 Å². The summed E-state index contributed by atoms with van der Waals surface area (Å²) < 4.78 is 0. The summed E-state index contributed by atoms with van der Waals surface area (Å²) >= 11 is 0. The van der Waals surface area contributed by atoms with E-state index >= 15 is 0 Å². The molecule has 2 aliphatic rings. The van der Waals surface area contributed by atoms with E-state index in [0.29, 0.717) is 23.5 Å². The molecular formula is C36H41N5O3. The van der Waals surface area contributed by atoms with Gasteiger partial charge in [-0.05, 0) is 84.8 Å². The summed E-state index contributed by atoms with van der Waals surface area (Å²) in [6.45, 7) is 11.7. The average molecular weight is 592 g/mol. The quantitative estimate of drug-likeness (QED) is 0.310. The van der Waals surface area contributed by atoms with E-state index in [1.807, 2.05) is 86.7 Å². The van der Waals surface area contributed by atoms with Gasteiger partial charge in [0.2, 0.25) is 11.7 Å². The van der Waals surface area contributed by atoms with Gasteiger partial charge in [-0.3, -0.25) is 14.4 Å². The largest absolute Gasteiger partial charge is 0.371 e. The summed E-state index contributed by atoms with van der Waals surface area (Å²) in [5.74, 6) is -0.786. The van der Waals surface area contributed by atoms with Crippen molar-refractivity contribution >= 4 is 46.2 Å². The van der Waals surface area contributed by atoms with Gasteiger partial charge in [-0.15, -0.1) is 0 Å². The van der Waals surface area contributed by atoms with Crippen LogP contribution in [-0.2, 0) is 15.0 Å². The van der Waals surface area contributed by atoms with Crippen LogP contribution >= 0.6 is 0 Å². The molecule has 2 heterocycles. The Morgan fingerprint density at radius 3 is 2.36 bits per heavy atom. The van der Waals surface area contributed by atoms with Gasteiger partial charge in [0.15, 0.2) is 5.84 Å². The molecule has 2 aliphatic heterocycles. The van der Waals surface area contributed by atoms with Gasteiger partial charge in [0.1, 0.15) is 0 Å². The maximum Gasteiger partial charge on any atom is 0.255 e. The minimum Gasteiger partial charge on any atom is -0.371 e. The molecule has 228 valence electrons. The van der Waals surface area contributed by atoms with E-state index in [0.717, 1.165) is 41.9 Å². The number of hydrogen-bond acceptors (Lipinski definition) is 6. The predicted octanol–water partition coefficient (Wildman–Crippen LogP) is 6.32. The Bertz CT molecular complexity index is 1630. The molecule has 0 aliphatic carbocycles. The van der Waals surface area contributed by atoms with E-state index < -0.39 is 0 Å². The van der Waals surface area contributed by atoms with E-state index in [1.165, 1.54) is 5.56 Å². The standard InChI is InChI=1S/C36H41N5O3/c1-22-20-31(29-9-6-10-30(23(29)2)40-35(44)24-11-13-26(14-12-24)36(3,4)5)39-34(32(22)42)38-27-15-17-28(18-16-27)41-19-7-8-25(21-41)33(37)43/h6,9-18,20,22,25H,7-8,19,21H2,1-5H3,(H2,37,43)(H,38,39)(H,40,44). The van der Waals surface area contributed by atoms with Crippen molar-refractivity contribution in [2.45, 2.75) is 52.9 Å². The maximum atomic E-state index is 13.1. The molecule has 4 N–H and O–H groups in total. The van der Waals surface area contributed by atoms with Crippen LogP contribution in [0.5, 0.6) is 0 Å². The van der Waals surface area contributed by atoms with E-state index in [4.69, 9.17) is 10.7 Å². The lowest BCUT2D eigenvalue weighted by atomic mass is 9.86. The van der Waals surface area contributed by atoms with Crippen molar-refractivity contribution in [1.29, 1.82) is 0 Å². The zero-order valence-corrected chi connectivity index (χ0v) is 26.1. The molecule has 2 atom stereocenters. The zero-order chi connectivity index (χ0) is 31.6. The Balaban J connectivity index is 1.32. The molecule has 1 fully saturated rings. The molecule has 0 radical (unpaired) electrons. The second kappa shape index (κ2) is 12.5. The van der Waals surface area contributed by atoms with Crippen molar-refractivity contribution in [3.05, 3.63) is 95.1 Å². The highest BCUT2D eigenvalue weighted by atomic mass is 16.2. The lowest BCUT2D eigenvalue weighted by molar-refractivity contribution is -0.122. The number of benzene rings is 3. The van der Waals surface area contributed by atoms with E-state index in [2.05, 4.69) is 36.3 Å². The number of rotatable bonds is 6. The Morgan fingerprint density at radius 2 is 1.70 bits per heavy atom. The first kappa shape index (κ1) is 30.7. The van der Waals surface area contributed by atoms with Crippen LogP contribution in [0.25, 0.3) is 5.70 Å². The minimum absolute atomic E-state index is 0.00817. The van der Waals surface area contributed by atoms with Crippen LogP contribution in [0.3, 0.4) is 0 Å². The average Bonchev–Trinajstić information content (AvgIpc) is 3.00. The summed E-state index contributed by atoms with van der Waals surface area (Å²) in [6, 6.07) is 21.2. The fourth-order valence-electron chi connectivity index (χ4n) is 5.68. The molecule has 3 aromatic carbocycles. The van der Waals surface area contributed by atoms with Crippen LogP contribution < -0.4 is 21.3 Å². The summed E-state index contributed by atoms with van der Waals surface area (Å²) in [6.07, 6.45) is 3.60. The minimum atomic E-state index is -0.373. The maximum absolute atomic E-state index is 13.1. The Morgan fingerprint density at radius 1 is 1.00 bits per heavy atom. The van der Waals surface area contributed by atoms with Crippen molar-refractivity contribution in [1.82, 2.24) is 0 Å². The highest BCUT2D eigenvalue weighted by Crippen LogP contribution is 2.31. The number of allylic oxidation sites excluding steroid dienone is 1. The van der Waals surface area contributed by atoms with Gasteiger partial charge in [-0.2, -0.15) is 0 Å². The molecule has 3 aromatic rings.